The van der Waals surface area contributed by atoms with Crippen LogP contribution in [-0.2, 0) is 19.8 Å². The van der Waals surface area contributed by atoms with Gasteiger partial charge in [-0.05, 0) is 31.0 Å². The zero-order valence-electron chi connectivity index (χ0n) is 20.1. The molecular weight excluding hydrogens is 471 g/mol. The lowest BCUT2D eigenvalue weighted by Crippen LogP contribution is -2.20. The molecule has 7 nitrogen and oxygen atoms in total. The number of nitrogens with one attached hydrogen (secondary N) is 2. The molecular formula is C26H24F3N5O2. The maximum absolute atomic E-state index is 13.1. The van der Waals surface area contributed by atoms with E-state index >= 15 is 0 Å². The molecule has 0 amide bonds. The Labute approximate surface area is 204 Å². The van der Waals surface area contributed by atoms with Crippen LogP contribution in [0.15, 0.2) is 53.7 Å². The van der Waals surface area contributed by atoms with Gasteiger partial charge in [-0.15, -0.1) is 0 Å². The number of benzene rings is 1. The third-order valence-corrected chi connectivity index (χ3v) is 6.19. The fourth-order valence-electron chi connectivity index (χ4n) is 4.36. The molecule has 0 bridgehead atoms. The average molecular weight is 496 g/mol. The van der Waals surface area contributed by atoms with Crippen LogP contribution in [0.4, 0.5) is 13.2 Å². The van der Waals surface area contributed by atoms with Gasteiger partial charge in [0.25, 0.3) is 5.56 Å². The van der Waals surface area contributed by atoms with Crippen LogP contribution >= 0.6 is 0 Å². The lowest BCUT2D eigenvalue weighted by Gasteiger charge is -2.25. The van der Waals surface area contributed by atoms with E-state index in [1.165, 1.54) is 10.6 Å². The number of alkyl halides is 3. The minimum atomic E-state index is -4.52. The highest BCUT2D eigenvalue weighted by Crippen LogP contribution is 2.40. The standard InChI is InChI=1S/C26H24F3N5O2/c1-14-6-5-7-15(2)24(14)36-21-13-34(4)23(35)9-17(21)18-11-33(3)12-20-16(18)8-19(31-20)25-30-10-22(32-25)26(27,28)29/h5-11,13,31H,12H2,1-4H3,(H,30,32). The SMILES string of the molecule is Cc1cccc(C)c1Oc1cn(C)c(=O)cc1C1=CN(C)Cc2[nH]c(-c3ncc(C(F)(F)F)[nH]3)cc21. The van der Waals surface area contributed by atoms with Crippen molar-refractivity contribution in [1.82, 2.24) is 24.4 Å². The summed E-state index contributed by atoms with van der Waals surface area (Å²) in [6.45, 7) is 4.41. The van der Waals surface area contributed by atoms with Crippen LogP contribution in [0.5, 0.6) is 11.5 Å². The van der Waals surface area contributed by atoms with E-state index in [-0.39, 0.29) is 11.4 Å². The molecule has 0 radical (unpaired) electrons. The molecule has 186 valence electrons. The van der Waals surface area contributed by atoms with Gasteiger partial charge in [-0.1, -0.05) is 18.2 Å². The summed E-state index contributed by atoms with van der Waals surface area (Å²) in [5, 5.41) is 0. The van der Waals surface area contributed by atoms with Crippen molar-refractivity contribution in [3.05, 3.63) is 92.9 Å². The third-order valence-electron chi connectivity index (χ3n) is 6.19. The Balaban J connectivity index is 1.62. The Hall–Kier alpha value is -4.21. The van der Waals surface area contributed by atoms with Gasteiger partial charge in [-0.25, -0.2) is 4.98 Å². The van der Waals surface area contributed by atoms with E-state index in [2.05, 4.69) is 15.0 Å². The molecule has 4 aromatic rings. The first kappa shape index (κ1) is 23.5. The van der Waals surface area contributed by atoms with Crippen molar-refractivity contribution in [2.45, 2.75) is 26.6 Å². The zero-order valence-corrected chi connectivity index (χ0v) is 20.1. The number of H-pyrrole nitrogens is 2. The lowest BCUT2D eigenvalue weighted by atomic mass is 9.96. The quantitative estimate of drug-likeness (QED) is 0.399. The van der Waals surface area contributed by atoms with Gasteiger partial charge >= 0.3 is 6.18 Å². The second-order valence-corrected chi connectivity index (χ2v) is 9.00. The number of ether oxygens (including phenoxy) is 1. The van der Waals surface area contributed by atoms with Crippen LogP contribution in [0, 0.1) is 13.8 Å². The van der Waals surface area contributed by atoms with E-state index in [0.29, 0.717) is 34.9 Å². The molecule has 2 N–H and O–H groups in total. The van der Waals surface area contributed by atoms with Gasteiger partial charge in [0.2, 0.25) is 0 Å². The van der Waals surface area contributed by atoms with Gasteiger partial charge in [-0.3, -0.25) is 4.79 Å². The first-order chi connectivity index (χ1) is 17.0. The third kappa shape index (κ3) is 4.19. The zero-order chi connectivity index (χ0) is 25.8. The Kier molecular flexibility index (Phi) is 5.54. The van der Waals surface area contributed by atoms with Crippen molar-refractivity contribution in [1.29, 1.82) is 0 Å². The van der Waals surface area contributed by atoms with Crippen LogP contribution < -0.4 is 10.3 Å². The summed E-state index contributed by atoms with van der Waals surface area (Å²) in [6.07, 6.45) is -0.202. The first-order valence-corrected chi connectivity index (χ1v) is 11.2. The Morgan fingerprint density at radius 1 is 1.06 bits per heavy atom. The number of para-hydroxylation sites is 1. The van der Waals surface area contributed by atoms with E-state index < -0.39 is 11.9 Å². The van der Waals surface area contributed by atoms with Crippen LogP contribution in [0.2, 0.25) is 0 Å². The second kappa shape index (κ2) is 8.47. The summed E-state index contributed by atoms with van der Waals surface area (Å²) in [4.78, 5) is 24.1. The Morgan fingerprint density at radius 3 is 2.44 bits per heavy atom. The van der Waals surface area contributed by atoms with Crippen molar-refractivity contribution in [2.75, 3.05) is 7.05 Å². The highest BCUT2D eigenvalue weighted by Gasteiger charge is 2.33. The normalized spacial score (nSPS) is 13.5. The van der Waals surface area contributed by atoms with E-state index in [4.69, 9.17) is 4.74 Å². The number of aryl methyl sites for hydroxylation is 3. The fourth-order valence-corrected chi connectivity index (χ4v) is 4.36. The van der Waals surface area contributed by atoms with Crippen molar-refractivity contribution in [3.63, 3.8) is 0 Å². The summed E-state index contributed by atoms with van der Waals surface area (Å²) < 4.78 is 47.1. The maximum atomic E-state index is 13.1. The summed E-state index contributed by atoms with van der Waals surface area (Å²) >= 11 is 0. The average Bonchev–Trinajstić information content (AvgIpc) is 3.45. The highest BCUT2D eigenvalue weighted by atomic mass is 19.4. The number of hydrogen-bond donors (Lipinski definition) is 2. The Morgan fingerprint density at radius 2 is 1.78 bits per heavy atom. The van der Waals surface area contributed by atoms with Crippen LogP contribution in [0.3, 0.4) is 0 Å². The molecule has 0 fully saturated rings. The van der Waals surface area contributed by atoms with Crippen LogP contribution in [0.25, 0.3) is 17.1 Å². The van der Waals surface area contributed by atoms with Crippen LogP contribution in [-0.4, -0.2) is 31.5 Å². The van der Waals surface area contributed by atoms with Crippen molar-refractivity contribution >= 4 is 5.57 Å². The molecule has 3 aromatic heterocycles. The number of fused-ring (bicyclic) bond motifs is 1. The van der Waals surface area contributed by atoms with Crippen molar-refractivity contribution in [2.24, 2.45) is 7.05 Å². The molecule has 5 rings (SSSR count). The predicted octanol–water partition coefficient (Wildman–Crippen LogP) is 5.37. The van der Waals surface area contributed by atoms with Crippen molar-refractivity contribution in [3.8, 4) is 23.0 Å². The molecule has 1 aliphatic heterocycles. The van der Waals surface area contributed by atoms with Gasteiger partial charge in [0.15, 0.2) is 11.6 Å². The van der Waals surface area contributed by atoms with Gasteiger partial charge in [0.1, 0.15) is 11.4 Å². The summed E-state index contributed by atoms with van der Waals surface area (Å²) in [5.41, 5.74) is 4.01. The first-order valence-electron chi connectivity index (χ1n) is 11.2. The predicted molar refractivity (Wildman–Crippen MR) is 130 cm³/mol. The van der Waals surface area contributed by atoms with Crippen molar-refractivity contribution < 1.29 is 17.9 Å². The summed E-state index contributed by atoms with van der Waals surface area (Å²) in [5.74, 6) is 1.27. The fraction of sp³-hybridized carbons (Fsp3) is 0.231. The smallest absolute Gasteiger partial charge is 0.432 e. The molecule has 1 aliphatic rings. The molecule has 1 aromatic carbocycles. The van der Waals surface area contributed by atoms with E-state index in [1.807, 2.05) is 50.2 Å². The number of aromatic nitrogens is 4. The van der Waals surface area contributed by atoms with Crippen LogP contribution in [0.1, 0.15) is 33.6 Å². The summed E-state index contributed by atoms with van der Waals surface area (Å²) in [7, 11) is 3.53. The van der Waals surface area contributed by atoms with Gasteiger partial charge < -0.3 is 24.2 Å². The molecule has 0 saturated carbocycles. The Bertz CT molecular complexity index is 1540. The molecule has 0 atom stereocenters. The summed E-state index contributed by atoms with van der Waals surface area (Å²) in [6, 6.07) is 9.11. The number of halogens is 3. The second-order valence-electron chi connectivity index (χ2n) is 9.00. The molecule has 0 aliphatic carbocycles. The molecule has 10 heteroatoms. The molecule has 0 saturated heterocycles. The van der Waals surface area contributed by atoms with Gasteiger partial charge in [-0.2, -0.15) is 13.2 Å². The van der Waals surface area contributed by atoms with E-state index in [1.54, 1.807) is 19.3 Å². The maximum Gasteiger partial charge on any atom is 0.432 e. The minimum Gasteiger partial charge on any atom is -0.455 e. The molecule has 4 heterocycles. The van der Waals surface area contributed by atoms with E-state index in [0.717, 1.165) is 28.6 Å². The largest absolute Gasteiger partial charge is 0.455 e. The molecule has 0 spiro atoms. The number of nitrogens with zero attached hydrogens (tertiary/aromatic N) is 3. The molecule has 0 unspecified atom stereocenters. The topological polar surface area (TPSA) is 78.9 Å². The number of imidazole rings is 1. The monoisotopic (exact) mass is 495 g/mol. The van der Waals surface area contributed by atoms with Gasteiger partial charge in [0.05, 0.1) is 24.6 Å². The molecule has 36 heavy (non-hydrogen) atoms. The minimum absolute atomic E-state index is 0.0784. The number of rotatable bonds is 4. The highest BCUT2D eigenvalue weighted by molar-refractivity contribution is 5.86. The number of pyridine rings is 1. The van der Waals surface area contributed by atoms with E-state index in [9.17, 15) is 18.0 Å². The van der Waals surface area contributed by atoms with Gasteiger partial charge in [0, 0.05) is 48.8 Å². The number of aromatic amines is 2. The lowest BCUT2D eigenvalue weighted by molar-refractivity contribution is -0.140. The number of hydrogen-bond acceptors (Lipinski definition) is 4.